The molecule has 1 aliphatic heterocycles. The predicted octanol–water partition coefficient (Wildman–Crippen LogP) is 5.85. The van der Waals surface area contributed by atoms with Crippen LogP contribution in [-0.4, -0.2) is 5.11 Å². The first-order valence-corrected chi connectivity index (χ1v) is 10.7. The molecule has 0 aromatic heterocycles. The molecule has 0 spiro atoms. The highest BCUT2D eigenvalue weighted by atomic mass is 79.9. The van der Waals surface area contributed by atoms with E-state index in [0.29, 0.717) is 31.6 Å². The molecule has 0 saturated heterocycles. The molecule has 0 fully saturated rings. The van der Waals surface area contributed by atoms with Crippen molar-refractivity contribution in [1.29, 1.82) is 5.26 Å². The summed E-state index contributed by atoms with van der Waals surface area (Å²) in [6.45, 7) is 0.185. The predicted molar refractivity (Wildman–Crippen MR) is 120 cm³/mol. The van der Waals surface area contributed by atoms with E-state index in [-0.39, 0.29) is 29.6 Å². The van der Waals surface area contributed by atoms with Crippen LogP contribution in [0.4, 0.5) is 4.39 Å². The maximum Gasteiger partial charge on any atom is 0.205 e. The van der Waals surface area contributed by atoms with Crippen LogP contribution in [0.3, 0.4) is 0 Å². The molecule has 1 aliphatic rings. The Morgan fingerprint density at radius 2 is 1.87 bits per heavy atom. The average Bonchev–Trinajstić information content (AvgIpc) is 2.72. The lowest BCUT2D eigenvalue weighted by Crippen LogP contribution is -2.21. The van der Waals surface area contributed by atoms with Crippen LogP contribution in [-0.2, 0) is 6.61 Å². The highest BCUT2D eigenvalue weighted by Crippen LogP contribution is 2.46. The smallest absolute Gasteiger partial charge is 0.205 e. The van der Waals surface area contributed by atoms with Gasteiger partial charge in [0.05, 0.1) is 14.9 Å². The van der Waals surface area contributed by atoms with Crippen molar-refractivity contribution in [3.63, 3.8) is 0 Å². The van der Waals surface area contributed by atoms with Crippen molar-refractivity contribution in [2.45, 2.75) is 12.5 Å². The first-order valence-electron chi connectivity index (χ1n) is 9.14. The fraction of sp³-hybridized carbons (Fsp3) is 0.0870. The number of phenolic OH excluding ortho intramolecular Hbond substituents is 1. The Labute approximate surface area is 194 Å². The fourth-order valence-corrected chi connectivity index (χ4v) is 4.90. The molecule has 5 nitrogen and oxygen atoms in total. The lowest BCUT2D eigenvalue weighted by atomic mass is 9.83. The largest absolute Gasteiger partial charge is 0.508 e. The Morgan fingerprint density at radius 1 is 1.13 bits per heavy atom. The molecule has 0 radical (unpaired) electrons. The van der Waals surface area contributed by atoms with E-state index in [1.807, 2.05) is 12.1 Å². The lowest BCUT2D eigenvalue weighted by Gasteiger charge is -2.27. The number of nitrogens with two attached hydrogens (primary N) is 1. The van der Waals surface area contributed by atoms with Crippen molar-refractivity contribution in [3.8, 4) is 23.3 Å². The van der Waals surface area contributed by atoms with Crippen LogP contribution >= 0.6 is 31.9 Å². The molecule has 156 valence electrons. The van der Waals surface area contributed by atoms with E-state index in [1.165, 1.54) is 24.3 Å². The number of aromatic hydroxyl groups is 1. The van der Waals surface area contributed by atoms with Gasteiger partial charge in [-0.1, -0.05) is 18.2 Å². The van der Waals surface area contributed by atoms with Crippen LogP contribution in [0.25, 0.3) is 0 Å². The number of hydrogen-bond acceptors (Lipinski definition) is 5. The summed E-state index contributed by atoms with van der Waals surface area (Å²) in [6.07, 6.45) is 0. The van der Waals surface area contributed by atoms with E-state index in [9.17, 15) is 14.8 Å². The molecule has 1 heterocycles. The second-order valence-electron chi connectivity index (χ2n) is 6.88. The average molecular weight is 546 g/mol. The zero-order chi connectivity index (χ0) is 22.1. The van der Waals surface area contributed by atoms with E-state index in [4.69, 9.17) is 15.2 Å². The second kappa shape index (κ2) is 8.61. The van der Waals surface area contributed by atoms with E-state index in [2.05, 4.69) is 37.9 Å². The zero-order valence-electron chi connectivity index (χ0n) is 15.9. The van der Waals surface area contributed by atoms with Gasteiger partial charge in [-0.25, -0.2) is 4.39 Å². The van der Waals surface area contributed by atoms with Crippen LogP contribution in [0.5, 0.6) is 17.2 Å². The van der Waals surface area contributed by atoms with Crippen molar-refractivity contribution >= 4 is 31.9 Å². The van der Waals surface area contributed by atoms with Gasteiger partial charge in [-0.15, -0.1) is 0 Å². The normalized spacial score (nSPS) is 15.1. The molecule has 3 aromatic carbocycles. The first-order chi connectivity index (χ1) is 14.9. The Balaban J connectivity index is 1.71. The number of nitriles is 1. The first kappa shape index (κ1) is 21.2. The molecule has 8 heteroatoms. The van der Waals surface area contributed by atoms with Crippen molar-refractivity contribution in [2.75, 3.05) is 0 Å². The minimum atomic E-state index is -0.487. The minimum absolute atomic E-state index is 0.00993. The molecule has 0 saturated carbocycles. The molecule has 0 aliphatic carbocycles. The van der Waals surface area contributed by atoms with Gasteiger partial charge in [0.25, 0.3) is 0 Å². The van der Waals surface area contributed by atoms with E-state index in [1.54, 1.807) is 18.2 Å². The fourth-order valence-electron chi connectivity index (χ4n) is 3.45. The number of ether oxygens (including phenoxy) is 2. The quantitative estimate of drug-likeness (QED) is 0.429. The summed E-state index contributed by atoms with van der Waals surface area (Å²) in [7, 11) is 0. The summed E-state index contributed by atoms with van der Waals surface area (Å²) in [5.74, 6) is 0.145. The highest BCUT2D eigenvalue weighted by Gasteiger charge is 2.31. The summed E-state index contributed by atoms with van der Waals surface area (Å²) in [4.78, 5) is 0. The van der Waals surface area contributed by atoms with Gasteiger partial charge in [0.1, 0.15) is 41.3 Å². The molecule has 31 heavy (non-hydrogen) atoms. The third kappa shape index (κ3) is 4.24. The minimum Gasteiger partial charge on any atom is -0.508 e. The van der Waals surface area contributed by atoms with Crippen LogP contribution in [0.1, 0.15) is 22.6 Å². The van der Waals surface area contributed by atoms with Gasteiger partial charge in [0, 0.05) is 11.6 Å². The summed E-state index contributed by atoms with van der Waals surface area (Å²) < 4.78 is 26.2. The van der Waals surface area contributed by atoms with E-state index < -0.39 is 5.92 Å². The second-order valence-corrected chi connectivity index (χ2v) is 8.59. The van der Waals surface area contributed by atoms with Gasteiger partial charge in [-0.05, 0) is 73.3 Å². The van der Waals surface area contributed by atoms with Gasteiger partial charge in [-0.3, -0.25) is 0 Å². The molecule has 3 N–H and O–H groups in total. The Kier molecular flexibility index (Phi) is 5.90. The molecular formula is C23H15Br2FN2O3. The van der Waals surface area contributed by atoms with Crippen molar-refractivity contribution in [1.82, 2.24) is 0 Å². The molecule has 3 aromatic rings. The van der Waals surface area contributed by atoms with Gasteiger partial charge in [0.15, 0.2) is 0 Å². The molecule has 4 rings (SSSR count). The Hall–Kier alpha value is -3.02. The summed E-state index contributed by atoms with van der Waals surface area (Å²) in [6, 6.07) is 16.7. The molecular weight excluding hydrogens is 531 g/mol. The van der Waals surface area contributed by atoms with Crippen molar-refractivity contribution in [2.24, 2.45) is 5.73 Å². The Morgan fingerprint density at radius 3 is 2.55 bits per heavy atom. The van der Waals surface area contributed by atoms with Gasteiger partial charge in [0.2, 0.25) is 5.88 Å². The zero-order valence-corrected chi connectivity index (χ0v) is 19.1. The molecule has 0 unspecified atom stereocenters. The van der Waals surface area contributed by atoms with Crippen LogP contribution < -0.4 is 15.2 Å². The van der Waals surface area contributed by atoms with E-state index in [0.717, 1.165) is 5.56 Å². The third-order valence-electron chi connectivity index (χ3n) is 4.83. The summed E-state index contributed by atoms with van der Waals surface area (Å²) in [5.41, 5.74) is 8.43. The van der Waals surface area contributed by atoms with Crippen molar-refractivity contribution in [3.05, 3.63) is 97.5 Å². The monoisotopic (exact) mass is 544 g/mol. The van der Waals surface area contributed by atoms with Gasteiger partial charge in [-0.2, -0.15) is 5.26 Å². The summed E-state index contributed by atoms with van der Waals surface area (Å²) in [5, 5.41) is 19.5. The lowest BCUT2D eigenvalue weighted by molar-refractivity contribution is 0.301. The van der Waals surface area contributed by atoms with E-state index >= 15 is 0 Å². The highest BCUT2D eigenvalue weighted by molar-refractivity contribution is 9.11. The standard InChI is InChI=1S/C23H15Br2FN2O3/c24-18-7-13(8-19(25)22(18)30-11-12-2-1-3-14(26)6-12)21-16-5-4-15(29)9-20(16)31-23(28)17(21)10-27/h1-9,21,29H,11,28H2/t21-/m1/s1. The molecule has 1 atom stereocenters. The summed E-state index contributed by atoms with van der Waals surface area (Å²) >= 11 is 7.06. The number of allylic oxidation sites excluding steroid dienone is 1. The number of rotatable bonds is 4. The number of halogens is 3. The number of fused-ring (bicyclic) bond motifs is 1. The third-order valence-corrected chi connectivity index (χ3v) is 6.01. The van der Waals surface area contributed by atoms with Gasteiger partial charge < -0.3 is 20.3 Å². The van der Waals surface area contributed by atoms with Crippen LogP contribution in [0, 0.1) is 17.1 Å². The number of phenols is 1. The van der Waals surface area contributed by atoms with Gasteiger partial charge >= 0.3 is 0 Å². The maximum atomic E-state index is 13.4. The number of benzene rings is 3. The SMILES string of the molecule is N#CC1=C(N)Oc2cc(O)ccc2[C@H]1c1cc(Br)c(OCc2cccc(F)c2)c(Br)c1. The number of nitrogens with zero attached hydrogens (tertiary/aromatic N) is 1. The topological polar surface area (TPSA) is 88.5 Å². The molecule has 0 amide bonds. The van der Waals surface area contributed by atoms with Crippen molar-refractivity contribution < 1.29 is 19.0 Å². The van der Waals surface area contributed by atoms with Crippen LogP contribution in [0.15, 0.2) is 75.0 Å². The number of hydrogen-bond donors (Lipinski definition) is 2. The molecule has 0 bridgehead atoms. The maximum absolute atomic E-state index is 13.4. The Bertz CT molecular complexity index is 1230. The van der Waals surface area contributed by atoms with Crippen LogP contribution in [0.2, 0.25) is 0 Å².